The minimum absolute atomic E-state index is 0.650. The van der Waals surface area contributed by atoms with E-state index in [0.717, 1.165) is 31.8 Å². The second kappa shape index (κ2) is 7.79. The molecule has 0 amide bonds. The van der Waals surface area contributed by atoms with Crippen LogP contribution in [0.4, 0.5) is 0 Å². The van der Waals surface area contributed by atoms with Crippen molar-refractivity contribution in [2.75, 3.05) is 13.2 Å². The number of hydrogen-bond acceptors (Lipinski definition) is 3. The number of nitrogens with zero attached hydrogens (tertiary/aromatic N) is 2. The van der Waals surface area contributed by atoms with Gasteiger partial charge in [-0.05, 0) is 50.6 Å². The number of hydrogen-bond donors (Lipinski definition) is 1. The lowest BCUT2D eigenvalue weighted by molar-refractivity contribution is 0.0480. The van der Waals surface area contributed by atoms with Crippen LogP contribution >= 0.6 is 0 Å². The molecule has 0 spiro atoms. The monoisotopic (exact) mass is 279 g/mol. The first-order chi connectivity index (χ1) is 9.78. The van der Waals surface area contributed by atoms with Gasteiger partial charge in [0.2, 0.25) is 0 Å². The third-order valence-electron chi connectivity index (χ3n) is 4.53. The highest BCUT2D eigenvalue weighted by Gasteiger charge is 2.24. The van der Waals surface area contributed by atoms with Crippen molar-refractivity contribution in [2.24, 2.45) is 17.6 Å². The zero-order chi connectivity index (χ0) is 14.4. The highest BCUT2D eigenvalue weighted by Crippen LogP contribution is 2.29. The lowest BCUT2D eigenvalue weighted by atomic mass is 9.80. The van der Waals surface area contributed by atoms with Crippen molar-refractivity contribution < 1.29 is 4.74 Å². The average Bonchev–Trinajstić information content (AvgIpc) is 2.90. The minimum atomic E-state index is 0.650. The normalized spacial score (nSPS) is 23.1. The maximum atomic E-state index is 5.98. The second-order valence-corrected chi connectivity index (χ2v) is 5.85. The highest BCUT2D eigenvalue weighted by atomic mass is 16.5. The molecule has 114 valence electrons. The van der Waals surface area contributed by atoms with Gasteiger partial charge in [-0.3, -0.25) is 4.68 Å². The second-order valence-electron chi connectivity index (χ2n) is 5.85. The quantitative estimate of drug-likeness (QED) is 0.835. The van der Waals surface area contributed by atoms with Gasteiger partial charge in [-0.15, -0.1) is 0 Å². The van der Waals surface area contributed by atoms with E-state index in [1.165, 1.54) is 31.4 Å². The predicted molar refractivity (Wildman–Crippen MR) is 81.4 cm³/mol. The summed E-state index contributed by atoms with van der Waals surface area (Å²) in [7, 11) is 0. The Labute approximate surface area is 122 Å². The molecule has 0 bridgehead atoms. The molecule has 1 saturated carbocycles. The number of nitrogens with two attached hydrogens (primary N) is 1. The summed E-state index contributed by atoms with van der Waals surface area (Å²) in [6.45, 7) is 7.50. The first-order valence-electron chi connectivity index (χ1n) is 8.11. The van der Waals surface area contributed by atoms with Crippen molar-refractivity contribution in [1.29, 1.82) is 0 Å². The maximum Gasteiger partial charge on any atom is 0.0884 e. The molecule has 20 heavy (non-hydrogen) atoms. The predicted octanol–water partition coefficient (Wildman–Crippen LogP) is 2.75. The fourth-order valence-electron chi connectivity index (χ4n) is 3.21. The van der Waals surface area contributed by atoms with Crippen molar-refractivity contribution in [3.05, 3.63) is 17.5 Å². The molecule has 1 aliphatic rings. The fraction of sp³-hybridized carbons (Fsp3) is 0.812. The molecule has 0 radical (unpaired) electrons. The van der Waals surface area contributed by atoms with Crippen LogP contribution in [0.5, 0.6) is 0 Å². The lowest BCUT2D eigenvalue weighted by Crippen LogP contribution is -2.29. The summed E-state index contributed by atoms with van der Waals surface area (Å²) in [5.74, 6) is 1.31. The molecule has 0 aliphatic heterocycles. The van der Waals surface area contributed by atoms with Crippen LogP contribution in [-0.4, -0.2) is 22.9 Å². The van der Waals surface area contributed by atoms with Crippen molar-refractivity contribution in [1.82, 2.24) is 9.78 Å². The molecule has 2 unspecified atom stereocenters. The Morgan fingerprint density at radius 2 is 2.05 bits per heavy atom. The third kappa shape index (κ3) is 3.83. The average molecular weight is 279 g/mol. The first-order valence-corrected chi connectivity index (χ1v) is 8.11. The highest BCUT2D eigenvalue weighted by molar-refractivity contribution is 5.09. The van der Waals surface area contributed by atoms with E-state index in [9.17, 15) is 0 Å². The molecule has 2 atom stereocenters. The Morgan fingerprint density at radius 1 is 1.30 bits per heavy atom. The lowest BCUT2D eigenvalue weighted by Gasteiger charge is -2.30. The molecule has 1 aromatic heterocycles. The van der Waals surface area contributed by atoms with E-state index in [4.69, 9.17) is 10.5 Å². The van der Waals surface area contributed by atoms with Crippen LogP contribution in [0, 0.1) is 11.8 Å². The first kappa shape index (κ1) is 15.5. The van der Waals surface area contributed by atoms with Crippen molar-refractivity contribution in [3.63, 3.8) is 0 Å². The van der Waals surface area contributed by atoms with E-state index >= 15 is 0 Å². The summed E-state index contributed by atoms with van der Waals surface area (Å²) < 4.78 is 8.03. The maximum absolute atomic E-state index is 5.98. The molecule has 1 heterocycles. The van der Waals surface area contributed by atoms with Crippen molar-refractivity contribution >= 4 is 0 Å². The SMILES string of the molecule is CCc1cc(COCC2CCCCC2CN)n(CC)n1. The number of ether oxygens (including phenoxy) is 1. The molecular weight excluding hydrogens is 250 g/mol. The molecule has 4 heteroatoms. The summed E-state index contributed by atoms with van der Waals surface area (Å²) in [5.41, 5.74) is 8.23. The Balaban J connectivity index is 1.84. The van der Waals surface area contributed by atoms with Gasteiger partial charge in [0, 0.05) is 6.54 Å². The summed E-state index contributed by atoms with van der Waals surface area (Å²) in [4.78, 5) is 0. The molecule has 1 aromatic rings. The topological polar surface area (TPSA) is 53.1 Å². The van der Waals surface area contributed by atoms with Crippen molar-refractivity contribution in [3.8, 4) is 0 Å². The van der Waals surface area contributed by atoms with Crippen LogP contribution in [0.2, 0.25) is 0 Å². The minimum Gasteiger partial charge on any atom is -0.375 e. The van der Waals surface area contributed by atoms with Crippen LogP contribution in [0.25, 0.3) is 0 Å². The van der Waals surface area contributed by atoms with E-state index in [1.54, 1.807) is 0 Å². The van der Waals surface area contributed by atoms with Gasteiger partial charge in [0.1, 0.15) is 0 Å². The van der Waals surface area contributed by atoms with Gasteiger partial charge in [-0.2, -0.15) is 5.10 Å². The van der Waals surface area contributed by atoms with Gasteiger partial charge in [-0.25, -0.2) is 0 Å². The smallest absolute Gasteiger partial charge is 0.0884 e. The zero-order valence-electron chi connectivity index (χ0n) is 13.0. The van der Waals surface area contributed by atoms with Crippen LogP contribution < -0.4 is 5.73 Å². The fourth-order valence-corrected chi connectivity index (χ4v) is 3.21. The molecule has 2 N–H and O–H groups in total. The number of aromatic nitrogens is 2. The summed E-state index contributed by atoms with van der Waals surface area (Å²) >= 11 is 0. The third-order valence-corrected chi connectivity index (χ3v) is 4.53. The molecule has 4 nitrogen and oxygen atoms in total. The Kier molecular flexibility index (Phi) is 6.05. The van der Waals surface area contributed by atoms with E-state index in [1.807, 2.05) is 0 Å². The van der Waals surface area contributed by atoms with Gasteiger partial charge in [0.25, 0.3) is 0 Å². The van der Waals surface area contributed by atoms with Crippen molar-refractivity contribution in [2.45, 2.75) is 59.1 Å². The molecule has 2 rings (SSSR count). The zero-order valence-corrected chi connectivity index (χ0v) is 13.0. The molecular formula is C16H29N3O. The molecule has 0 saturated heterocycles. The van der Waals surface area contributed by atoms with E-state index in [2.05, 4.69) is 29.7 Å². The standard InChI is InChI=1S/C16H29N3O/c1-3-15-9-16(19(4-2)18-15)12-20-11-14-8-6-5-7-13(14)10-17/h9,13-14H,3-8,10-12,17H2,1-2H3. The largest absolute Gasteiger partial charge is 0.375 e. The van der Waals surface area contributed by atoms with Gasteiger partial charge in [0.15, 0.2) is 0 Å². The number of aryl methyl sites for hydroxylation is 2. The van der Waals surface area contributed by atoms with E-state index in [-0.39, 0.29) is 0 Å². The Bertz CT molecular complexity index is 402. The molecule has 0 aromatic carbocycles. The van der Waals surface area contributed by atoms with Gasteiger partial charge in [0.05, 0.1) is 24.6 Å². The van der Waals surface area contributed by atoms with Crippen LogP contribution in [0.15, 0.2) is 6.07 Å². The van der Waals surface area contributed by atoms with Crippen LogP contribution in [0.3, 0.4) is 0 Å². The molecule has 1 aliphatic carbocycles. The van der Waals surface area contributed by atoms with Crippen LogP contribution in [0.1, 0.15) is 50.9 Å². The number of rotatable bonds is 7. The van der Waals surface area contributed by atoms with Gasteiger partial charge in [-0.1, -0.05) is 19.8 Å². The van der Waals surface area contributed by atoms with E-state index < -0.39 is 0 Å². The summed E-state index contributed by atoms with van der Waals surface area (Å²) in [6.07, 6.45) is 6.20. The van der Waals surface area contributed by atoms with E-state index in [0.29, 0.717) is 18.4 Å². The molecule has 1 fully saturated rings. The van der Waals surface area contributed by atoms with Crippen LogP contribution in [-0.2, 0) is 24.3 Å². The van der Waals surface area contributed by atoms with Gasteiger partial charge < -0.3 is 10.5 Å². The summed E-state index contributed by atoms with van der Waals surface area (Å²) in [6, 6.07) is 2.17. The summed E-state index contributed by atoms with van der Waals surface area (Å²) in [5, 5.41) is 4.56. The Morgan fingerprint density at radius 3 is 2.70 bits per heavy atom. The van der Waals surface area contributed by atoms with Gasteiger partial charge >= 0.3 is 0 Å². The Hall–Kier alpha value is -0.870.